The minimum absolute atomic E-state index is 0.201. The molecule has 1 aromatic carbocycles. The molecule has 0 spiro atoms. The van der Waals surface area contributed by atoms with Crippen LogP contribution in [0.3, 0.4) is 0 Å². The molecule has 0 aliphatic carbocycles. The summed E-state index contributed by atoms with van der Waals surface area (Å²) in [5, 5.41) is 16.0. The van der Waals surface area contributed by atoms with Gasteiger partial charge >= 0.3 is 0 Å². The van der Waals surface area contributed by atoms with Gasteiger partial charge in [0.1, 0.15) is 6.61 Å². The zero-order valence-corrected chi connectivity index (χ0v) is 14.3. The van der Waals surface area contributed by atoms with Crippen LogP contribution >= 0.6 is 0 Å². The number of carbonyl (C=O) groups excluding carboxylic acids is 1. The van der Waals surface area contributed by atoms with Crippen LogP contribution in [0.5, 0.6) is 0 Å². The Morgan fingerprint density at radius 2 is 2.00 bits per heavy atom. The lowest BCUT2D eigenvalue weighted by atomic mass is 10.0. The molecule has 0 saturated carbocycles. The second-order valence-electron chi connectivity index (χ2n) is 5.93. The Labute approximate surface area is 146 Å². The maximum Gasteiger partial charge on any atom is 0.274 e. The van der Waals surface area contributed by atoms with Crippen LogP contribution in [0, 0.1) is 0 Å². The molecular formula is C18H23N3O4. The fourth-order valence-electron chi connectivity index (χ4n) is 2.92. The van der Waals surface area contributed by atoms with Crippen LogP contribution in [0.25, 0.3) is 11.1 Å². The molecule has 2 aromatic rings. The molecule has 1 aromatic heterocycles. The fraction of sp³-hybridized carbons (Fsp3) is 0.444. The van der Waals surface area contributed by atoms with Crippen LogP contribution in [0.15, 0.2) is 28.8 Å². The van der Waals surface area contributed by atoms with E-state index >= 15 is 0 Å². The normalized spacial score (nSPS) is 15.3. The quantitative estimate of drug-likeness (QED) is 0.823. The molecule has 2 heterocycles. The van der Waals surface area contributed by atoms with E-state index in [-0.39, 0.29) is 18.2 Å². The maximum atomic E-state index is 12.2. The first kappa shape index (κ1) is 17.6. The third kappa shape index (κ3) is 4.07. The van der Waals surface area contributed by atoms with Crippen molar-refractivity contribution in [2.24, 2.45) is 0 Å². The number of morpholine rings is 1. The first-order valence-electron chi connectivity index (χ1n) is 8.50. The minimum atomic E-state index is -0.308. The van der Waals surface area contributed by atoms with Gasteiger partial charge in [0.2, 0.25) is 0 Å². The zero-order valence-electron chi connectivity index (χ0n) is 14.3. The van der Waals surface area contributed by atoms with Gasteiger partial charge < -0.3 is 19.7 Å². The van der Waals surface area contributed by atoms with E-state index in [1.165, 1.54) is 5.56 Å². The van der Waals surface area contributed by atoms with Crippen LogP contribution in [-0.4, -0.2) is 53.9 Å². The van der Waals surface area contributed by atoms with E-state index in [0.29, 0.717) is 17.9 Å². The van der Waals surface area contributed by atoms with Crippen LogP contribution in [0.4, 0.5) is 0 Å². The number of hydrogen-bond acceptors (Lipinski definition) is 6. The van der Waals surface area contributed by atoms with E-state index in [4.69, 9.17) is 9.26 Å². The number of hydrogen-bond donors (Lipinski definition) is 2. The van der Waals surface area contributed by atoms with Crippen molar-refractivity contribution in [1.29, 1.82) is 0 Å². The Bertz CT molecular complexity index is 706. The van der Waals surface area contributed by atoms with E-state index in [1.807, 2.05) is 31.2 Å². The summed E-state index contributed by atoms with van der Waals surface area (Å²) in [6.07, 6.45) is 0. The molecule has 0 bridgehead atoms. The zero-order chi connectivity index (χ0) is 17.6. The van der Waals surface area contributed by atoms with Crippen molar-refractivity contribution in [2.45, 2.75) is 20.1 Å². The highest BCUT2D eigenvalue weighted by Gasteiger charge is 2.22. The molecule has 134 valence electrons. The van der Waals surface area contributed by atoms with Crippen molar-refractivity contribution in [3.8, 4) is 11.1 Å². The summed E-state index contributed by atoms with van der Waals surface area (Å²) in [5.74, 6) is -0.0134. The summed E-state index contributed by atoms with van der Waals surface area (Å²) in [5.41, 5.74) is 2.74. The number of benzene rings is 1. The molecule has 25 heavy (non-hydrogen) atoms. The van der Waals surface area contributed by atoms with Gasteiger partial charge in [-0.1, -0.05) is 29.4 Å². The highest BCUT2D eigenvalue weighted by Crippen LogP contribution is 2.28. The lowest BCUT2D eigenvalue weighted by molar-refractivity contribution is 0.0342. The predicted molar refractivity (Wildman–Crippen MR) is 92.0 cm³/mol. The monoisotopic (exact) mass is 345 g/mol. The maximum absolute atomic E-state index is 12.2. The van der Waals surface area contributed by atoms with Gasteiger partial charge in [-0.25, -0.2) is 0 Å². The third-order valence-electron chi connectivity index (χ3n) is 4.21. The number of amides is 1. The fourth-order valence-corrected chi connectivity index (χ4v) is 2.92. The topological polar surface area (TPSA) is 87.8 Å². The minimum Gasteiger partial charge on any atom is -0.388 e. The van der Waals surface area contributed by atoms with E-state index < -0.39 is 0 Å². The van der Waals surface area contributed by atoms with Crippen LogP contribution in [0.1, 0.15) is 28.7 Å². The number of nitrogens with one attached hydrogen (secondary N) is 1. The number of carbonyl (C=O) groups is 1. The largest absolute Gasteiger partial charge is 0.388 e. The van der Waals surface area contributed by atoms with E-state index in [1.54, 1.807) is 0 Å². The van der Waals surface area contributed by atoms with Crippen LogP contribution in [-0.2, 0) is 17.9 Å². The molecule has 0 atom stereocenters. The summed E-state index contributed by atoms with van der Waals surface area (Å²) in [4.78, 5) is 14.5. The Kier molecular flexibility index (Phi) is 5.80. The van der Waals surface area contributed by atoms with Gasteiger partial charge in [0.15, 0.2) is 11.5 Å². The average Bonchev–Trinajstić information content (AvgIpc) is 3.08. The second-order valence-corrected chi connectivity index (χ2v) is 5.93. The third-order valence-corrected chi connectivity index (χ3v) is 4.21. The smallest absolute Gasteiger partial charge is 0.274 e. The van der Waals surface area contributed by atoms with Crippen molar-refractivity contribution in [3.63, 3.8) is 0 Å². The van der Waals surface area contributed by atoms with E-state index in [0.717, 1.165) is 38.4 Å². The molecule has 2 N–H and O–H groups in total. The molecule has 1 aliphatic rings. The SMILES string of the molecule is CCNC(=O)c1noc(CO)c1-c1ccc(CN2CCOCC2)cc1. The lowest BCUT2D eigenvalue weighted by Crippen LogP contribution is -2.35. The number of nitrogens with zero attached hydrogens (tertiary/aromatic N) is 2. The van der Waals surface area contributed by atoms with Crippen LogP contribution in [0.2, 0.25) is 0 Å². The number of aromatic nitrogens is 1. The van der Waals surface area contributed by atoms with Crippen molar-refractivity contribution in [2.75, 3.05) is 32.8 Å². The number of ether oxygens (including phenoxy) is 1. The summed E-state index contributed by atoms with van der Waals surface area (Å²) >= 11 is 0. The molecule has 7 nitrogen and oxygen atoms in total. The highest BCUT2D eigenvalue weighted by atomic mass is 16.5. The number of aliphatic hydroxyl groups excluding tert-OH is 1. The van der Waals surface area contributed by atoms with Crippen molar-refractivity contribution in [1.82, 2.24) is 15.4 Å². The number of aliphatic hydroxyl groups is 1. The summed E-state index contributed by atoms with van der Waals surface area (Å²) in [6.45, 7) is 6.31. The van der Waals surface area contributed by atoms with E-state index in [9.17, 15) is 9.90 Å². The highest BCUT2D eigenvalue weighted by molar-refractivity contribution is 5.99. The Balaban J connectivity index is 1.81. The summed E-state index contributed by atoms with van der Waals surface area (Å²) < 4.78 is 10.5. The molecular weight excluding hydrogens is 322 g/mol. The standard InChI is InChI=1S/C18H23N3O4/c1-2-19-18(23)17-16(15(12-22)25-20-17)14-5-3-13(4-6-14)11-21-7-9-24-10-8-21/h3-6,22H,2,7-12H2,1H3,(H,19,23). The van der Waals surface area contributed by atoms with Crippen LogP contribution < -0.4 is 5.32 Å². The molecule has 1 saturated heterocycles. The van der Waals surface area contributed by atoms with Crippen molar-refractivity contribution in [3.05, 3.63) is 41.3 Å². The molecule has 1 fully saturated rings. The summed E-state index contributed by atoms with van der Waals surface area (Å²) in [7, 11) is 0. The van der Waals surface area contributed by atoms with Gasteiger partial charge in [-0.05, 0) is 18.1 Å². The van der Waals surface area contributed by atoms with E-state index in [2.05, 4.69) is 15.4 Å². The van der Waals surface area contributed by atoms with Gasteiger partial charge in [-0.2, -0.15) is 0 Å². The second kappa shape index (κ2) is 8.24. The Morgan fingerprint density at radius 1 is 1.28 bits per heavy atom. The van der Waals surface area contributed by atoms with Gasteiger partial charge in [0.25, 0.3) is 5.91 Å². The van der Waals surface area contributed by atoms with Gasteiger partial charge in [0, 0.05) is 26.2 Å². The van der Waals surface area contributed by atoms with Gasteiger partial charge in [-0.3, -0.25) is 9.69 Å². The molecule has 7 heteroatoms. The molecule has 3 rings (SSSR count). The molecule has 0 radical (unpaired) electrons. The van der Waals surface area contributed by atoms with Crippen molar-refractivity contribution >= 4 is 5.91 Å². The molecule has 1 amide bonds. The molecule has 0 unspecified atom stereocenters. The Morgan fingerprint density at radius 3 is 2.64 bits per heavy atom. The van der Waals surface area contributed by atoms with Gasteiger partial charge in [0.05, 0.1) is 18.8 Å². The predicted octanol–water partition coefficient (Wildman–Crippen LogP) is 1.42. The average molecular weight is 345 g/mol. The number of rotatable bonds is 6. The first-order chi connectivity index (χ1) is 12.2. The Hall–Kier alpha value is -2.22. The van der Waals surface area contributed by atoms with Gasteiger partial charge in [-0.15, -0.1) is 0 Å². The van der Waals surface area contributed by atoms with Crippen molar-refractivity contribution < 1.29 is 19.2 Å². The first-order valence-corrected chi connectivity index (χ1v) is 8.50. The molecule has 1 aliphatic heterocycles. The lowest BCUT2D eigenvalue weighted by Gasteiger charge is -2.26. The summed E-state index contributed by atoms with van der Waals surface area (Å²) in [6, 6.07) is 7.93.